The Balaban J connectivity index is 1.90. The molecular formula is C31H31BrFN3O4. The Bertz CT molecular complexity index is 1640. The monoisotopic (exact) mass is 607 g/mol. The number of hydrogen-bond donors (Lipinski definition) is 1. The summed E-state index contributed by atoms with van der Waals surface area (Å²) >= 11 is 3.53. The molecule has 3 aromatic carbocycles. The van der Waals surface area contributed by atoms with Crippen LogP contribution < -0.4 is 16.6 Å². The third-order valence-corrected chi connectivity index (χ3v) is 7.15. The van der Waals surface area contributed by atoms with Crippen LogP contribution in [0.4, 0.5) is 9.18 Å². The van der Waals surface area contributed by atoms with Gasteiger partial charge in [0.1, 0.15) is 11.4 Å². The van der Waals surface area contributed by atoms with Crippen LogP contribution in [0.25, 0.3) is 11.1 Å². The molecular weight excluding hydrogens is 577 g/mol. The van der Waals surface area contributed by atoms with Crippen molar-refractivity contribution in [2.45, 2.75) is 52.4 Å². The molecule has 0 saturated carbocycles. The average Bonchev–Trinajstić information content (AvgIpc) is 2.90. The summed E-state index contributed by atoms with van der Waals surface area (Å²) in [7, 11) is 0. The number of ether oxygens (including phenoxy) is 1. The van der Waals surface area contributed by atoms with E-state index in [-0.39, 0.29) is 24.2 Å². The van der Waals surface area contributed by atoms with E-state index in [2.05, 4.69) is 21.2 Å². The van der Waals surface area contributed by atoms with Gasteiger partial charge in [0.05, 0.1) is 24.7 Å². The van der Waals surface area contributed by atoms with Crippen LogP contribution in [0.3, 0.4) is 0 Å². The largest absolute Gasteiger partial charge is 0.444 e. The summed E-state index contributed by atoms with van der Waals surface area (Å²) in [5.74, 6) is -0.577. The lowest BCUT2D eigenvalue weighted by Gasteiger charge is -2.25. The lowest BCUT2D eigenvalue weighted by molar-refractivity contribution is 0.0497. The van der Waals surface area contributed by atoms with Crippen molar-refractivity contribution in [1.82, 2.24) is 14.5 Å². The second kappa shape index (κ2) is 12.0. The smallest absolute Gasteiger partial charge is 0.408 e. The summed E-state index contributed by atoms with van der Waals surface area (Å²) in [4.78, 5) is 40.7. The maximum absolute atomic E-state index is 15.0. The molecule has 9 heteroatoms. The van der Waals surface area contributed by atoms with Crippen molar-refractivity contribution in [1.29, 1.82) is 0 Å². The molecule has 4 rings (SSSR count). The fraction of sp³-hybridized carbons (Fsp3) is 0.258. The first kappa shape index (κ1) is 29.0. The predicted molar refractivity (Wildman–Crippen MR) is 157 cm³/mol. The minimum Gasteiger partial charge on any atom is -0.444 e. The van der Waals surface area contributed by atoms with Crippen LogP contribution in [-0.4, -0.2) is 20.8 Å². The first-order valence-electron chi connectivity index (χ1n) is 12.8. The zero-order valence-electron chi connectivity index (χ0n) is 22.8. The Morgan fingerprint density at radius 2 is 1.57 bits per heavy atom. The van der Waals surface area contributed by atoms with Gasteiger partial charge in [0, 0.05) is 15.7 Å². The molecule has 0 fully saturated rings. The van der Waals surface area contributed by atoms with E-state index in [0.29, 0.717) is 11.3 Å². The van der Waals surface area contributed by atoms with E-state index in [1.165, 1.54) is 16.7 Å². The summed E-state index contributed by atoms with van der Waals surface area (Å²) in [6.45, 7) is 6.82. The van der Waals surface area contributed by atoms with Crippen molar-refractivity contribution in [3.05, 3.63) is 127 Å². The van der Waals surface area contributed by atoms with Gasteiger partial charge >= 0.3 is 11.8 Å². The molecule has 7 nitrogen and oxygen atoms in total. The van der Waals surface area contributed by atoms with Crippen LogP contribution in [0.1, 0.15) is 43.6 Å². The number of aromatic nitrogens is 2. The van der Waals surface area contributed by atoms with Crippen LogP contribution in [0.15, 0.2) is 92.9 Å². The van der Waals surface area contributed by atoms with E-state index < -0.39 is 34.8 Å². The quantitative estimate of drug-likeness (QED) is 0.271. The molecule has 40 heavy (non-hydrogen) atoms. The number of nitrogens with zero attached hydrogens (tertiary/aromatic N) is 2. The third-order valence-electron chi connectivity index (χ3n) is 6.38. The number of hydrogen-bond acceptors (Lipinski definition) is 4. The maximum Gasteiger partial charge on any atom is 0.408 e. The van der Waals surface area contributed by atoms with E-state index in [0.717, 1.165) is 14.6 Å². The van der Waals surface area contributed by atoms with E-state index in [4.69, 9.17) is 4.74 Å². The molecule has 1 amide bonds. The molecule has 1 N–H and O–H groups in total. The molecule has 0 saturated heterocycles. The number of amides is 1. The minimum atomic E-state index is -0.783. The van der Waals surface area contributed by atoms with Gasteiger partial charge in [-0.05, 0) is 51.0 Å². The van der Waals surface area contributed by atoms with Crippen molar-refractivity contribution >= 4 is 22.0 Å². The Morgan fingerprint density at radius 1 is 0.950 bits per heavy atom. The third kappa shape index (κ3) is 6.59. The van der Waals surface area contributed by atoms with Gasteiger partial charge < -0.3 is 10.1 Å². The minimum absolute atomic E-state index is 0.0776. The van der Waals surface area contributed by atoms with Gasteiger partial charge in [-0.25, -0.2) is 14.0 Å². The lowest BCUT2D eigenvalue weighted by atomic mass is 10.0. The van der Waals surface area contributed by atoms with Gasteiger partial charge in [0.2, 0.25) is 0 Å². The molecule has 0 radical (unpaired) electrons. The number of benzene rings is 3. The molecule has 4 aromatic rings. The van der Waals surface area contributed by atoms with Crippen molar-refractivity contribution in [3.8, 4) is 11.1 Å². The number of halogens is 2. The van der Waals surface area contributed by atoms with Crippen LogP contribution >= 0.6 is 15.9 Å². The Labute approximate surface area is 240 Å². The van der Waals surface area contributed by atoms with Crippen LogP contribution in [0.2, 0.25) is 0 Å². The van der Waals surface area contributed by atoms with Crippen LogP contribution in [0, 0.1) is 12.7 Å². The van der Waals surface area contributed by atoms with Gasteiger partial charge in [0.15, 0.2) is 0 Å². The van der Waals surface area contributed by atoms with Gasteiger partial charge in [-0.1, -0.05) is 82.7 Å². The molecule has 0 spiro atoms. The zero-order chi connectivity index (χ0) is 29.0. The highest BCUT2D eigenvalue weighted by Crippen LogP contribution is 2.24. The number of carbonyl (C=O) groups is 1. The number of alkyl carbamates (subject to hydrolysis) is 1. The number of carbonyl (C=O) groups excluding carboxylic acids is 1. The van der Waals surface area contributed by atoms with Crippen LogP contribution in [0.5, 0.6) is 0 Å². The molecule has 1 aromatic heterocycles. The Morgan fingerprint density at radius 3 is 2.23 bits per heavy atom. The molecule has 0 aliphatic carbocycles. The van der Waals surface area contributed by atoms with Crippen molar-refractivity contribution < 1.29 is 13.9 Å². The molecule has 208 valence electrons. The van der Waals surface area contributed by atoms with E-state index in [1.807, 2.05) is 30.3 Å². The van der Waals surface area contributed by atoms with Gasteiger partial charge in [0.25, 0.3) is 5.56 Å². The predicted octanol–water partition coefficient (Wildman–Crippen LogP) is 6.20. The first-order valence-corrected chi connectivity index (χ1v) is 13.6. The van der Waals surface area contributed by atoms with Crippen molar-refractivity contribution in [3.63, 3.8) is 0 Å². The molecule has 0 bridgehead atoms. The summed E-state index contributed by atoms with van der Waals surface area (Å²) in [5.41, 5.74) is 0.00939. The summed E-state index contributed by atoms with van der Waals surface area (Å²) in [6.07, 6.45) is -0.690. The van der Waals surface area contributed by atoms with Gasteiger partial charge in [-0.2, -0.15) is 0 Å². The number of nitrogens with one attached hydrogen (secondary N) is 1. The highest BCUT2D eigenvalue weighted by molar-refractivity contribution is 9.10. The standard InChI is InChI=1S/C31H31BrFN3O4/c1-20-27(23-15-9-11-17-25(23)33)28(37)36(30(39)35(20)18-22-14-8-10-16-24(22)32)19-26(21-12-6-5-7-13-21)34-29(38)40-31(2,3)4/h5-17,26H,18-19H2,1-4H3,(H,34,38)/t26-/m0/s1. The molecule has 0 unspecified atom stereocenters. The molecule has 0 aliphatic rings. The van der Waals surface area contributed by atoms with Gasteiger partial charge in [-0.3, -0.25) is 13.9 Å². The molecule has 1 heterocycles. The van der Waals surface area contributed by atoms with Crippen LogP contribution in [-0.2, 0) is 17.8 Å². The lowest BCUT2D eigenvalue weighted by Crippen LogP contribution is -2.46. The van der Waals surface area contributed by atoms with E-state index in [9.17, 15) is 14.4 Å². The normalized spacial score (nSPS) is 12.2. The summed E-state index contributed by atoms with van der Waals surface area (Å²) in [5, 5.41) is 2.81. The fourth-order valence-electron chi connectivity index (χ4n) is 4.47. The summed E-state index contributed by atoms with van der Waals surface area (Å²) in [6, 6.07) is 21.6. The highest BCUT2D eigenvalue weighted by atomic mass is 79.9. The second-order valence-corrected chi connectivity index (χ2v) is 11.3. The Kier molecular flexibility index (Phi) is 8.73. The molecule has 1 atom stereocenters. The SMILES string of the molecule is Cc1c(-c2ccccc2F)c(=O)n(C[C@H](NC(=O)OC(C)(C)C)c2ccccc2)c(=O)n1Cc1ccccc1Br. The van der Waals surface area contributed by atoms with Gasteiger partial charge in [-0.15, -0.1) is 0 Å². The van der Waals surface area contributed by atoms with E-state index >= 15 is 4.39 Å². The highest BCUT2D eigenvalue weighted by Gasteiger charge is 2.25. The van der Waals surface area contributed by atoms with Crippen molar-refractivity contribution in [2.24, 2.45) is 0 Å². The average molecular weight is 609 g/mol. The number of rotatable bonds is 7. The fourth-order valence-corrected chi connectivity index (χ4v) is 4.88. The van der Waals surface area contributed by atoms with E-state index in [1.54, 1.807) is 64.1 Å². The zero-order valence-corrected chi connectivity index (χ0v) is 24.4. The second-order valence-electron chi connectivity index (χ2n) is 10.4. The maximum atomic E-state index is 15.0. The topological polar surface area (TPSA) is 82.3 Å². The first-order chi connectivity index (χ1) is 19.0. The molecule has 0 aliphatic heterocycles. The Hall–Kier alpha value is -3.98. The van der Waals surface area contributed by atoms with Crippen molar-refractivity contribution in [2.75, 3.05) is 0 Å². The summed E-state index contributed by atoms with van der Waals surface area (Å²) < 4.78 is 23.8.